The second kappa shape index (κ2) is 5.91. The summed E-state index contributed by atoms with van der Waals surface area (Å²) in [6.07, 6.45) is -1.57. The summed E-state index contributed by atoms with van der Waals surface area (Å²) >= 11 is 5.35. The highest BCUT2D eigenvalue weighted by molar-refractivity contribution is 6.18. The Morgan fingerprint density at radius 3 is 2.53 bits per heavy atom. The first-order valence-electron chi connectivity index (χ1n) is 4.65. The molecule has 0 fully saturated rings. The van der Waals surface area contributed by atoms with Crippen LogP contribution in [0.25, 0.3) is 0 Å². The molecule has 0 aliphatic heterocycles. The zero-order valence-electron chi connectivity index (χ0n) is 8.60. The van der Waals surface area contributed by atoms with Gasteiger partial charge in [-0.1, -0.05) is 12.2 Å². The van der Waals surface area contributed by atoms with E-state index < -0.39 is 17.6 Å². The molecule has 0 atom stereocenters. The Morgan fingerprint density at radius 1 is 1.24 bits per heavy atom. The molecule has 0 aliphatic rings. The summed E-state index contributed by atoms with van der Waals surface area (Å²) in [5.74, 6) is -1.07. The van der Waals surface area contributed by atoms with E-state index in [0.717, 1.165) is 12.1 Å². The van der Waals surface area contributed by atoms with Gasteiger partial charge in [0.2, 0.25) is 0 Å². The van der Waals surface area contributed by atoms with Crippen LogP contribution in [0.15, 0.2) is 30.4 Å². The zero-order chi connectivity index (χ0) is 12.9. The molecule has 1 aromatic rings. The quantitative estimate of drug-likeness (QED) is 0.455. The van der Waals surface area contributed by atoms with Gasteiger partial charge in [0.1, 0.15) is 18.2 Å². The number of ether oxygens (including phenoxy) is 1. The van der Waals surface area contributed by atoms with Crippen molar-refractivity contribution in [2.75, 3.05) is 12.5 Å². The molecule has 0 heterocycles. The van der Waals surface area contributed by atoms with E-state index in [-0.39, 0.29) is 12.4 Å². The van der Waals surface area contributed by atoms with Crippen molar-refractivity contribution in [2.24, 2.45) is 0 Å². The van der Waals surface area contributed by atoms with Crippen LogP contribution in [0.4, 0.5) is 17.6 Å². The van der Waals surface area contributed by atoms with Crippen molar-refractivity contribution in [3.63, 3.8) is 0 Å². The Labute approximate surface area is 101 Å². The molecule has 0 aliphatic carbocycles. The summed E-state index contributed by atoms with van der Waals surface area (Å²) in [5, 5.41) is 0. The first-order valence-corrected chi connectivity index (χ1v) is 5.19. The molecule has 94 valence electrons. The van der Waals surface area contributed by atoms with E-state index >= 15 is 0 Å². The lowest BCUT2D eigenvalue weighted by atomic mass is 10.2. The van der Waals surface area contributed by atoms with Gasteiger partial charge >= 0.3 is 6.18 Å². The Morgan fingerprint density at radius 2 is 1.94 bits per heavy atom. The van der Waals surface area contributed by atoms with E-state index in [1.165, 1.54) is 0 Å². The number of alkyl halides is 4. The molecule has 0 radical (unpaired) electrons. The third-order valence-corrected chi connectivity index (χ3v) is 2.02. The summed E-state index contributed by atoms with van der Waals surface area (Å²) in [4.78, 5) is 0. The van der Waals surface area contributed by atoms with Crippen molar-refractivity contribution in [3.8, 4) is 5.75 Å². The number of halogens is 5. The van der Waals surface area contributed by atoms with E-state index in [1.54, 1.807) is 12.2 Å². The third-order valence-electron chi connectivity index (χ3n) is 1.85. The van der Waals surface area contributed by atoms with Crippen LogP contribution in [0, 0.1) is 5.82 Å². The van der Waals surface area contributed by atoms with Gasteiger partial charge < -0.3 is 4.74 Å². The fraction of sp³-hybridized carbons (Fsp3) is 0.273. The van der Waals surface area contributed by atoms with Crippen LogP contribution in [-0.4, -0.2) is 12.5 Å². The van der Waals surface area contributed by atoms with E-state index in [4.69, 9.17) is 16.3 Å². The predicted octanol–water partition coefficient (Wildman–Crippen LogP) is 4.02. The molecule has 0 spiro atoms. The SMILES string of the molecule is Fc1ccc(OC/C=C/CCl)cc1C(F)(F)F. The molecule has 17 heavy (non-hydrogen) atoms. The summed E-state index contributed by atoms with van der Waals surface area (Å²) in [7, 11) is 0. The Hall–Kier alpha value is -1.23. The monoisotopic (exact) mass is 268 g/mol. The van der Waals surface area contributed by atoms with Crippen molar-refractivity contribution in [3.05, 3.63) is 41.7 Å². The number of hydrogen-bond acceptors (Lipinski definition) is 1. The summed E-state index contributed by atoms with van der Waals surface area (Å²) < 4.78 is 54.9. The van der Waals surface area contributed by atoms with Crippen LogP contribution in [0.5, 0.6) is 5.75 Å². The number of allylic oxidation sites excluding steroid dienone is 1. The predicted molar refractivity (Wildman–Crippen MR) is 56.8 cm³/mol. The van der Waals surface area contributed by atoms with Crippen molar-refractivity contribution < 1.29 is 22.3 Å². The van der Waals surface area contributed by atoms with E-state index in [2.05, 4.69) is 0 Å². The Balaban J connectivity index is 2.79. The average Bonchev–Trinajstić information content (AvgIpc) is 2.25. The normalized spacial score (nSPS) is 12.1. The molecule has 1 nitrogen and oxygen atoms in total. The van der Waals surface area contributed by atoms with Crippen molar-refractivity contribution in [1.82, 2.24) is 0 Å². The van der Waals surface area contributed by atoms with Crippen LogP contribution >= 0.6 is 11.6 Å². The molecular weight excluding hydrogens is 260 g/mol. The van der Waals surface area contributed by atoms with E-state index in [9.17, 15) is 17.6 Å². The van der Waals surface area contributed by atoms with Gasteiger partial charge in [0.15, 0.2) is 0 Å². The highest BCUT2D eigenvalue weighted by Gasteiger charge is 2.34. The van der Waals surface area contributed by atoms with Gasteiger partial charge in [0, 0.05) is 5.88 Å². The van der Waals surface area contributed by atoms with Gasteiger partial charge in [0.05, 0.1) is 5.56 Å². The van der Waals surface area contributed by atoms with Crippen molar-refractivity contribution in [2.45, 2.75) is 6.18 Å². The molecule has 0 saturated heterocycles. The largest absolute Gasteiger partial charge is 0.490 e. The van der Waals surface area contributed by atoms with Crippen LogP contribution in [0.2, 0.25) is 0 Å². The standard InChI is InChI=1S/C11H9ClF4O/c12-5-1-2-6-17-8-3-4-10(13)9(7-8)11(14,15)16/h1-4,7H,5-6H2/b2-1+. The Kier molecular flexibility index (Phi) is 4.81. The van der Waals surface area contributed by atoms with Gasteiger partial charge in [-0.15, -0.1) is 11.6 Å². The fourth-order valence-electron chi connectivity index (χ4n) is 1.09. The van der Waals surface area contributed by atoms with E-state index in [0.29, 0.717) is 11.9 Å². The summed E-state index contributed by atoms with van der Waals surface area (Å²) in [5.41, 5.74) is -1.34. The highest BCUT2D eigenvalue weighted by atomic mass is 35.5. The number of hydrogen-bond donors (Lipinski definition) is 0. The highest BCUT2D eigenvalue weighted by Crippen LogP contribution is 2.33. The number of rotatable bonds is 4. The molecule has 1 aromatic carbocycles. The first kappa shape index (κ1) is 13.8. The summed E-state index contributed by atoms with van der Waals surface area (Å²) in [6, 6.07) is 2.49. The second-order valence-corrected chi connectivity index (χ2v) is 3.38. The molecule has 0 saturated carbocycles. The molecule has 0 aromatic heterocycles. The van der Waals surface area contributed by atoms with Crippen LogP contribution in [0.1, 0.15) is 5.56 Å². The molecule has 1 rings (SSSR count). The van der Waals surface area contributed by atoms with E-state index in [1.807, 2.05) is 0 Å². The lowest BCUT2D eigenvalue weighted by molar-refractivity contribution is -0.140. The molecular formula is C11H9ClF4O. The lowest BCUT2D eigenvalue weighted by Crippen LogP contribution is -2.08. The lowest BCUT2D eigenvalue weighted by Gasteiger charge is -2.10. The summed E-state index contributed by atoms with van der Waals surface area (Å²) in [6.45, 7) is 0.0790. The van der Waals surface area contributed by atoms with Gasteiger partial charge in [-0.25, -0.2) is 4.39 Å². The first-order chi connectivity index (χ1) is 7.95. The smallest absolute Gasteiger partial charge is 0.419 e. The third kappa shape index (κ3) is 4.26. The average molecular weight is 269 g/mol. The minimum absolute atomic E-state index is 0.0436. The molecule has 0 N–H and O–H groups in total. The molecule has 0 amide bonds. The second-order valence-electron chi connectivity index (χ2n) is 3.08. The topological polar surface area (TPSA) is 9.23 Å². The molecule has 0 bridgehead atoms. The van der Waals surface area contributed by atoms with Crippen molar-refractivity contribution >= 4 is 11.6 Å². The Bertz CT molecular complexity index is 401. The van der Waals surface area contributed by atoms with Crippen LogP contribution in [0.3, 0.4) is 0 Å². The maximum atomic E-state index is 12.9. The van der Waals surface area contributed by atoms with Gasteiger partial charge in [-0.05, 0) is 18.2 Å². The fourth-order valence-corrected chi connectivity index (χ4v) is 1.21. The maximum Gasteiger partial charge on any atom is 0.419 e. The minimum Gasteiger partial charge on any atom is -0.490 e. The van der Waals surface area contributed by atoms with Gasteiger partial charge in [-0.2, -0.15) is 13.2 Å². The number of benzene rings is 1. The zero-order valence-corrected chi connectivity index (χ0v) is 9.35. The maximum absolute atomic E-state index is 12.9. The van der Waals surface area contributed by atoms with Crippen LogP contribution < -0.4 is 4.74 Å². The molecule has 0 unspecified atom stereocenters. The van der Waals surface area contributed by atoms with Gasteiger partial charge in [0.25, 0.3) is 0 Å². The minimum atomic E-state index is -4.73. The van der Waals surface area contributed by atoms with Crippen molar-refractivity contribution in [1.29, 1.82) is 0 Å². The van der Waals surface area contributed by atoms with Crippen LogP contribution in [-0.2, 0) is 6.18 Å². The molecule has 6 heteroatoms. The van der Waals surface area contributed by atoms with Gasteiger partial charge in [-0.3, -0.25) is 0 Å².